The number of hydrogen-bond donors (Lipinski definition) is 1. The van der Waals surface area contributed by atoms with Gasteiger partial charge in [-0.3, -0.25) is 4.21 Å². The van der Waals surface area contributed by atoms with Crippen LogP contribution < -0.4 is 5.32 Å². The van der Waals surface area contributed by atoms with E-state index in [1.54, 1.807) is 6.26 Å². The molecule has 1 aliphatic carbocycles. The highest BCUT2D eigenvalue weighted by atomic mass is 32.2. The molecule has 1 atom stereocenters. The molecule has 1 N–H and O–H groups in total. The minimum absolute atomic E-state index is 0.704. The van der Waals surface area contributed by atoms with Crippen molar-refractivity contribution in [3.63, 3.8) is 0 Å². The van der Waals surface area contributed by atoms with Gasteiger partial charge in [-0.25, -0.2) is 0 Å². The maximum Gasteiger partial charge on any atom is 0.0498 e. The fraction of sp³-hybridized carbons (Fsp3) is 0.538. The summed E-state index contributed by atoms with van der Waals surface area (Å²) in [6.45, 7) is 3.22. The molecule has 1 unspecified atom stereocenters. The van der Waals surface area contributed by atoms with Gasteiger partial charge in [0.2, 0.25) is 0 Å². The molecule has 0 saturated heterocycles. The standard InChI is InChI=1S/C13H19NOS/c1-10-7-12(8-10)14-9-11-3-5-13(6-4-11)16(2)15/h3-6,10,12,14H,7-9H2,1-2H3. The largest absolute Gasteiger partial charge is 0.310 e. The topological polar surface area (TPSA) is 29.1 Å². The van der Waals surface area contributed by atoms with E-state index in [2.05, 4.69) is 24.4 Å². The Morgan fingerprint density at radius 1 is 1.31 bits per heavy atom. The van der Waals surface area contributed by atoms with Crippen LogP contribution in [0.5, 0.6) is 0 Å². The van der Waals surface area contributed by atoms with Gasteiger partial charge in [-0.1, -0.05) is 19.1 Å². The maximum atomic E-state index is 11.2. The second-order valence-electron chi connectivity index (χ2n) is 4.75. The maximum absolute atomic E-state index is 11.2. The second kappa shape index (κ2) is 5.11. The lowest BCUT2D eigenvalue weighted by Gasteiger charge is -2.33. The van der Waals surface area contributed by atoms with Crippen LogP contribution in [0.15, 0.2) is 29.2 Å². The Balaban J connectivity index is 1.83. The molecule has 88 valence electrons. The highest BCUT2D eigenvalue weighted by Crippen LogP contribution is 2.26. The lowest BCUT2D eigenvalue weighted by Crippen LogP contribution is -2.39. The number of nitrogens with one attached hydrogen (secondary N) is 1. The highest BCUT2D eigenvalue weighted by Gasteiger charge is 2.24. The summed E-state index contributed by atoms with van der Waals surface area (Å²) in [4.78, 5) is 0.904. The molecular weight excluding hydrogens is 218 g/mol. The summed E-state index contributed by atoms with van der Waals surface area (Å²) in [5.74, 6) is 0.891. The van der Waals surface area contributed by atoms with E-state index >= 15 is 0 Å². The minimum atomic E-state index is -0.866. The summed E-state index contributed by atoms with van der Waals surface area (Å²) < 4.78 is 11.2. The van der Waals surface area contributed by atoms with Crippen molar-refractivity contribution in [1.29, 1.82) is 0 Å². The molecule has 1 aliphatic rings. The van der Waals surface area contributed by atoms with Gasteiger partial charge in [0, 0.05) is 34.5 Å². The van der Waals surface area contributed by atoms with Crippen LogP contribution >= 0.6 is 0 Å². The zero-order valence-electron chi connectivity index (χ0n) is 9.90. The van der Waals surface area contributed by atoms with Crippen LogP contribution in [0.4, 0.5) is 0 Å². The van der Waals surface area contributed by atoms with Gasteiger partial charge in [0.15, 0.2) is 0 Å². The van der Waals surface area contributed by atoms with E-state index in [9.17, 15) is 4.21 Å². The molecule has 1 aromatic rings. The first kappa shape index (κ1) is 11.8. The fourth-order valence-electron chi connectivity index (χ4n) is 2.13. The van der Waals surface area contributed by atoms with Crippen LogP contribution in [-0.2, 0) is 17.3 Å². The first-order valence-electron chi connectivity index (χ1n) is 5.81. The zero-order chi connectivity index (χ0) is 11.5. The quantitative estimate of drug-likeness (QED) is 0.870. The van der Waals surface area contributed by atoms with Gasteiger partial charge >= 0.3 is 0 Å². The Morgan fingerprint density at radius 2 is 1.94 bits per heavy atom. The lowest BCUT2D eigenvalue weighted by molar-refractivity contribution is 0.240. The molecule has 0 aliphatic heterocycles. The van der Waals surface area contributed by atoms with Crippen LogP contribution in [0, 0.1) is 5.92 Å². The van der Waals surface area contributed by atoms with Crippen molar-refractivity contribution < 1.29 is 4.21 Å². The van der Waals surface area contributed by atoms with E-state index in [1.165, 1.54) is 18.4 Å². The molecule has 0 spiro atoms. The molecule has 0 aromatic heterocycles. The second-order valence-corrected chi connectivity index (χ2v) is 6.13. The molecule has 0 radical (unpaired) electrons. The lowest BCUT2D eigenvalue weighted by atomic mass is 9.82. The molecule has 2 nitrogen and oxygen atoms in total. The summed E-state index contributed by atoms with van der Waals surface area (Å²) in [6, 6.07) is 8.74. The van der Waals surface area contributed by atoms with Crippen LogP contribution in [0.2, 0.25) is 0 Å². The third-order valence-corrected chi connectivity index (χ3v) is 4.16. The van der Waals surface area contributed by atoms with E-state index in [0.717, 1.165) is 17.4 Å². The zero-order valence-corrected chi connectivity index (χ0v) is 10.7. The molecule has 16 heavy (non-hydrogen) atoms. The monoisotopic (exact) mass is 237 g/mol. The first-order valence-corrected chi connectivity index (χ1v) is 7.36. The summed E-state index contributed by atoms with van der Waals surface area (Å²) in [5, 5.41) is 3.54. The minimum Gasteiger partial charge on any atom is -0.310 e. The predicted octanol–water partition coefficient (Wildman–Crippen LogP) is 2.31. The Kier molecular flexibility index (Phi) is 3.77. The Bertz CT molecular complexity index is 368. The van der Waals surface area contributed by atoms with Crippen molar-refractivity contribution in [3.05, 3.63) is 29.8 Å². The van der Waals surface area contributed by atoms with E-state index in [1.807, 2.05) is 12.1 Å². The van der Waals surface area contributed by atoms with Crippen molar-refractivity contribution >= 4 is 10.8 Å². The summed E-state index contributed by atoms with van der Waals surface area (Å²) in [5.41, 5.74) is 1.27. The average Bonchev–Trinajstić information content (AvgIpc) is 2.23. The Morgan fingerprint density at radius 3 is 2.44 bits per heavy atom. The van der Waals surface area contributed by atoms with Gasteiger partial charge in [0.1, 0.15) is 0 Å². The molecular formula is C13H19NOS. The normalized spacial score (nSPS) is 26.1. The first-order chi connectivity index (χ1) is 7.65. The summed E-state index contributed by atoms with van der Waals surface area (Å²) >= 11 is 0. The van der Waals surface area contributed by atoms with Gasteiger partial charge in [-0.2, -0.15) is 0 Å². The Labute approximate surface area is 99.9 Å². The fourth-order valence-corrected chi connectivity index (χ4v) is 2.65. The third kappa shape index (κ3) is 2.92. The summed E-state index contributed by atoms with van der Waals surface area (Å²) in [7, 11) is -0.866. The van der Waals surface area contributed by atoms with Crippen LogP contribution in [0.25, 0.3) is 0 Å². The molecule has 0 amide bonds. The Hall–Kier alpha value is -0.670. The molecule has 1 aromatic carbocycles. The number of benzene rings is 1. The van der Waals surface area contributed by atoms with Gasteiger partial charge in [0.25, 0.3) is 0 Å². The van der Waals surface area contributed by atoms with Crippen molar-refractivity contribution in [2.75, 3.05) is 6.26 Å². The molecule has 1 saturated carbocycles. The van der Waals surface area contributed by atoms with Crippen molar-refractivity contribution in [1.82, 2.24) is 5.32 Å². The van der Waals surface area contributed by atoms with Crippen LogP contribution in [0.1, 0.15) is 25.3 Å². The van der Waals surface area contributed by atoms with Crippen molar-refractivity contribution in [2.24, 2.45) is 5.92 Å². The van der Waals surface area contributed by atoms with Gasteiger partial charge < -0.3 is 5.32 Å². The summed E-state index contributed by atoms with van der Waals surface area (Å²) in [6.07, 6.45) is 4.32. The number of hydrogen-bond acceptors (Lipinski definition) is 2. The van der Waals surface area contributed by atoms with Crippen molar-refractivity contribution in [2.45, 2.75) is 37.2 Å². The molecule has 3 heteroatoms. The number of rotatable bonds is 4. The average molecular weight is 237 g/mol. The third-order valence-electron chi connectivity index (χ3n) is 3.22. The van der Waals surface area contributed by atoms with Crippen LogP contribution in [0.3, 0.4) is 0 Å². The van der Waals surface area contributed by atoms with E-state index < -0.39 is 10.8 Å². The van der Waals surface area contributed by atoms with Crippen molar-refractivity contribution in [3.8, 4) is 0 Å². The highest BCUT2D eigenvalue weighted by molar-refractivity contribution is 7.84. The van der Waals surface area contributed by atoms with Crippen LogP contribution in [-0.4, -0.2) is 16.5 Å². The van der Waals surface area contributed by atoms with Gasteiger partial charge in [-0.05, 0) is 36.5 Å². The smallest absolute Gasteiger partial charge is 0.0498 e. The molecule has 0 bridgehead atoms. The SMILES string of the molecule is CC1CC(NCc2ccc(S(C)=O)cc2)C1. The van der Waals surface area contributed by atoms with E-state index in [0.29, 0.717) is 6.04 Å². The van der Waals surface area contributed by atoms with E-state index in [4.69, 9.17) is 0 Å². The predicted molar refractivity (Wildman–Crippen MR) is 67.8 cm³/mol. The van der Waals surface area contributed by atoms with Gasteiger partial charge in [-0.15, -0.1) is 0 Å². The molecule has 1 fully saturated rings. The molecule has 2 rings (SSSR count). The van der Waals surface area contributed by atoms with Gasteiger partial charge in [0.05, 0.1) is 0 Å². The molecule has 0 heterocycles. The van der Waals surface area contributed by atoms with E-state index in [-0.39, 0.29) is 0 Å².